The number of hydrogen-bond acceptors (Lipinski definition) is 3. The molecule has 1 aliphatic rings. The number of nitrogens with one attached hydrogen (secondary N) is 1. The second-order valence-corrected chi connectivity index (χ2v) is 7.45. The third-order valence-corrected chi connectivity index (χ3v) is 5.86. The van der Waals surface area contributed by atoms with Crippen LogP contribution in [0.5, 0.6) is 0 Å². The largest absolute Gasteiger partial charge is 0.416 e. The van der Waals surface area contributed by atoms with Crippen molar-refractivity contribution in [3.63, 3.8) is 0 Å². The van der Waals surface area contributed by atoms with Gasteiger partial charge in [-0.3, -0.25) is 0 Å². The number of halogens is 5. The summed E-state index contributed by atoms with van der Waals surface area (Å²) in [6, 6.07) is 1.45. The van der Waals surface area contributed by atoms with Gasteiger partial charge in [-0.25, -0.2) is 12.8 Å². The Kier molecular flexibility index (Phi) is 7.04. The molecule has 0 radical (unpaired) electrons. The lowest BCUT2D eigenvalue weighted by Gasteiger charge is -2.31. The quantitative estimate of drug-likeness (QED) is 0.804. The van der Waals surface area contributed by atoms with Gasteiger partial charge in [-0.15, -0.1) is 12.4 Å². The van der Waals surface area contributed by atoms with Crippen LogP contribution in [0.3, 0.4) is 0 Å². The van der Waals surface area contributed by atoms with Crippen molar-refractivity contribution >= 4 is 22.4 Å². The van der Waals surface area contributed by atoms with Crippen molar-refractivity contribution in [2.45, 2.75) is 23.9 Å². The molecule has 10 heteroatoms. The van der Waals surface area contributed by atoms with E-state index in [2.05, 4.69) is 5.32 Å². The highest BCUT2D eigenvalue weighted by atomic mass is 35.5. The molecule has 1 heterocycles. The molecule has 1 aromatic carbocycles. The van der Waals surface area contributed by atoms with E-state index in [1.54, 1.807) is 7.05 Å². The molecule has 0 aliphatic carbocycles. The third kappa shape index (κ3) is 4.59. The first kappa shape index (κ1) is 21.1. The van der Waals surface area contributed by atoms with E-state index in [1.807, 2.05) is 0 Å². The molecule has 2 rings (SSSR count). The van der Waals surface area contributed by atoms with Crippen LogP contribution >= 0.6 is 12.4 Å². The molecular formula is C14H19ClF4N2O2S. The van der Waals surface area contributed by atoms with Crippen LogP contribution in [-0.4, -0.2) is 39.4 Å². The van der Waals surface area contributed by atoms with E-state index in [4.69, 9.17) is 0 Å². The van der Waals surface area contributed by atoms with E-state index in [9.17, 15) is 26.0 Å². The summed E-state index contributed by atoms with van der Waals surface area (Å²) in [7, 11) is -2.48. The average molecular weight is 391 g/mol. The predicted octanol–water partition coefficient (Wildman–Crippen LogP) is 2.89. The smallest absolute Gasteiger partial charge is 0.319 e. The zero-order chi connectivity index (χ0) is 17.3. The van der Waals surface area contributed by atoms with Crippen molar-refractivity contribution in [3.05, 3.63) is 29.6 Å². The summed E-state index contributed by atoms with van der Waals surface area (Å²) in [5.74, 6) is -0.867. The van der Waals surface area contributed by atoms with E-state index < -0.39 is 32.5 Å². The first-order chi connectivity index (χ1) is 10.7. The molecule has 1 aromatic rings. The summed E-state index contributed by atoms with van der Waals surface area (Å²) >= 11 is 0. The van der Waals surface area contributed by atoms with Gasteiger partial charge in [-0.2, -0.15) is 17.5 Å². The van der Waals surface area contributed by atoms with Gasteiger partial charge in [-0.05, 0) is 50.6 Å². The molecule has 1 saturated heterocycles. The number of hydrogen-bond donors (Lipinski definition) is 1. The maximum Gasteiger partial charge on any atom is 0.416 e. The fourth-order valence-electron chi connectivity index (χ4n) is 2.66. The van der Waals surface area contributed by atoms with Gasteiger partial charge in [0, 0.05) is 13.1 Å². The summed E-state index contributed by atoms with van der Waals surface area (Å²) in [4.78, 5) is -0.917. The van der Waals surface area contributed by atoms with Crippen molar-refractivity contribution in [3.8, 4) is 0 Å². The number of nitrogens with zero attached hydrogens (tertiary/aromatic N) is 1. The summed E-state index contributed by atoms with van der Waals surface area (Å²) < 4.78 is 78.0. The molecule has 1 aliphatic heterocycles. The highest BCUT2D eigenvalue weighted by molar-refractivity contribution is 7.89. The molecule has 0 bridgehead atoms. The van der Waals surface area contributed by atoms with Gasteiger partial charge in [0.25, 0.3) is 0 Å². The molecule has 0 aromatic heterocycles. The SMILES string of the molecule is CNCC1CCN(S(=O)(=O)c2cc(C(F)(F)F)ccc2F)CC1.Cl. The Morgan fingerprint density at radius 3 is 2.33 bits per heavy atom. The van der Waals surface area contributed by atoms with Crippen LogP contribution in [0.15, 0.2) is 23.1 Å². The number of alkyl halides is 3. The Hall–Kier alpha value is -0.900. The molecule has 0 saturated carbocycles. The minimum absolute atomic E-state index is 0. The van der Waals surface area contributed by atoms with Gasteiger partial charge in [0.05, 0.1) is 5.56 Å². The lowest BCUT2D eigenvalue weighted by molar-refractivity contribution is -0.137. The van der Waals surface area contributed by atoms with Crippen LogP contribution in [0.4, 0.5) is 17.6 Å². The highest BCUT2D eigenvalue weighted by Gasteiger charge is 2.35. The van der Waals surface area contributed by atoms with Crippen molar-refractivity contribution in [2.24, 2.45) is 5.92 Å². The second-order valence-electron chi connectivity index (χ2n) is 5.55. The van der Waals surface area contributed by atoms with Gasteiger partial charge >= 0.3 is 6.18 Å². The zero-order valence-electron chi connectivity index (χ0n) is 12.9. The summed E-state index contributed by atoms with van der Waals surface area (Å²) in [5.41, 5.74) is -1.18. The molecule has 0 amide bonds. The van der Waals surface area contributed by atoms with E-state index in [-0.39, 0.29) is 25.5 Å². The summed E-state index contributed by atoms with van der Waals surface area (Å²) in [5, 5.41) is 3.00. The molecule has 1 fully saturated rings. The first-order valence-electron chi connectivity index (χ1n) is 7.17. The Labute approximate surface area is 144 Å². The molecular weight excluding hydrogens is 372 g/mol. The second kappa shape index (κ2) is 7.99. The van der Waals surface area contributed by atoms with Crippen LogP contribution in [0, 0.1) is 11.7 Å². The maximum absolute atomic E-state index is 13.8. The fraction of sp³-hybridized carbons (Fsp3) is 0.571. The van der Waals surface area contributed by atoms with Gasteiger partial charge < -0.3 is 5.32 Å². The van der Waals surface area contributed by atoms with Crippen LogP contribution in [-0.2, 0) is 16.2 Å². The number of benzene rings is 1. The van der Waals surface area contributed by atoms with Crippen molar-refractivity contribution in [1.82, 2.24) is 9.62 Å². The Morgan fingerprint density at radius 2 is 1.83 bits per heavy atom. The minimum atomic E-state index is -4.72. The van der Waals surface area contributed by atoms with Gasteiger partial charge in [0.2, 0.25) is 10.0 Å². The predicted molar refractivity (Wildman–Crippen MR) is 84.1 cm³/mol. The molecule has 4 nitrogen and oxygen atoms in total. The van der Waals surface area contributed by atoms with Crippen molar-refractivity contribution in [2.75, 3.05) is 26.7 Å². The Morgan fingerprint density at radius 1 is 1.25 bits per heavy atom. The molecule has 0 atom stereocenters. The third-order valence-electron chi connectivity index (χ3n) is 3.94. The molecule has 138 valence electrons. The van der Waals surface area contributed by atoms with E-state index in [0.29, 0.717) is 37.0 Å². The number of rotatable bonds is 4. The monoisotopic (exact) mass is 390 g/mol. The summed E-state index contributed by atoms with van der Waals surface area (Å²) in [6.45, 7) is 1.08. The summed E-state index contributed by atoms with van der Waals surface area (Å²) in [6.07, 6.45) is -3.56. The number of sulfonamides is 1. The fourth-order valence-corrected chi connectivity index (χ4v) is 4.22. The van der Waals surface area contributed by atoms with Gasteiger partial charge in [-0.1, -0.05) is 0 Å². The first-order valence-corrected chi connectivity index (χ1v) is 8.61. The lowest BCUT2D eigenvalue weighted by atomic mass is 9.98. The topological polar surface area (TPSA) is 49.4 Å². The van der Waals surface area contributed by atoms with Crippen LogP contribution in [0.1, 0.15) is 18.4 Å². The molecule has 0 unspecified atom stereocenters. The van der Waals surface area contributed by atoms with Gasteiger partial charge in [0.15, 0.2) is 0 Å². The Balaban J connectivity index is 0.00000288. The molecule has 1 N–H and O–H groups in total. The van der Waals surface area contributed by atoms with Crippen LogP contribution < -0.4 is 5.32 Å². The molecule has 0 spiro atoms. The zero-order valence-corrected chi connectivity index (χ0v) is 14.6. The van der Waals surface area contributed by atoms with Gasteiger partial charge in [0.1, 0.15) is 10.7 Å². The standard InChI is InChI=1S/C14H18F4N2O2S.ClH/c1-19-9-10-4-6-20(7-5-10)23(21,22)13-8-11(14(16,17)18)2-3-12(13)15;/h2-3,8,10,19H,4-7,9H2,1H3;1H. The van der Waals surface area contributed by atoms with Crippen LogP contribution in [0.2, 0.25) is 0 Å². The minimum Gasteiger partial charge on any atom is -0.319 e. The van der Waals surface area contributed by atoms with E-state index in [1.165, 1.54) is 0 Å². The highest BCUT2D eigenvalue weighted by Crippen LogP contribution is 2.33. The van der Waals surface area contributed by atoms with E-state index >= 15 is 0 Å². The van der Waals surface area contributed by atoms with Crippen molar-refractivity contribution in [1.29, 1.82) is 0 Å². The van der Waals surface area contributed by atoms with E-state index in [0.717, 1.165) is 10.8 Å². The number of piperidine rings is 1. The van der Waals surface area contributed by atoms with Crippen LogP contribution in [0.25, 0.3) is 0 Å². The maximum atomic E-state index is 13.8. The normalized spacial score (nSPS) is 17.5. The lowest BCUT2D eigenvalue weighted by Crippen LogP contribution is -2.40. The molecule has 24 heavy (non-hydrogen) atoms. The van der Waals surface area contributed by atoms with Crippen molar-refractivity contribution < 1.29 is 26.0 Å². The average Bonchev–Trinajstić information content (AvgIpc) is 2.47. The Bertz CT molecular complexity index is 659.